The second-order valence-corrected chi connectivity index (χ2v) is 20.5. The number of H-pyrrole nitrogens is 1. The average molecular weight is 1240 g/mol. The lowest BCUT2D eigenvalue weighted by molar-refractivity contribution is -0.137. The number of imidazole rings is 1. The molecule has 0 saturated carbocycles. The monoisotopic (exact) mass is 1240 g/mol. The fourth-order valence-corrected chi connectivity index (χ4v) is 8.16. The van der Waals surface area contributed by atoms with E-state index in [-0.39, 0.29) is 76.2 Å². The Morgan fingerprint density at radius 1 is 0.563 bits per heavy atom. The molecule has 0 aliphatic rings. The van der Waals surface area contributed by atoms with Crippen LogP contribution in [0.15, 0.2) is 29.3 Å². The zero-order chi connectivity index (χ0) is 65.3. The minimum Gasteiger partial charge on any atom is -0.389 e. The van der Waals surface area contributed by atoms with Crippen LogP contribution in [0.3, 0.4) is 0 Å². The molecule has 35 heteroatoms. The zero-order valence-electron chi connectivity index (χ0n) is 49.8. The highest BCUT2D eigenvalue weighted by Crippen LogP contribution is 2.10. The maximum atomic E-state index is 14.3. The standard InChI is InChI=1S/C52H99N23O12/c1-30(68-46(82)34(15-10-21-57)69-40(78)28-66-50(86)41(38(76)25-58)75-51(87)42(39(77)26-59)74-44(80)32(60)12-2-5-17-53)43(79)73-37(24-31-27-63-29-67-31)49(85)72-35(14-4-7-19-55)47(83)71-36(16-11-23-65-52(61)62)48(84)70-33(13-3-6-18-54)45(81)64-22-9-8-20-56/h16,27,29-30,32-35,37-39,41-42,76-77H,2-15,17-26,28,53-60H2,1H3,(H,63,67)(H,64,81)(H,66,86)(H,68,82)(H,69,78)(H,70,84)(H,71,83)(H,72,85)(H,73,79)(H,74,80)(H,75,87)(H4,61,62,65)/b36-16-/t30-,32-,33-,34+,35-,37-,38-,39-,41-,42-/m0/s1. The predicted molar refractivity (Wildman–Crippen MR) is 322 cm³/mol. The van der Waals surface area contributed by atoms with Gasteiger partial charge in [0.05, 0.1) is 31.1 Å². The van der Waals surface area contributed by atoms with Crippen LogP contribution < -0.4 is 111 Å². The summed E-state index contributed by atoms with van der Waals surface area (Å²) in [5, 5.41) is 46.2. The molecule has 0 unspecified atom stereocenters. The lowest BCUT2D eigenvalue weighted by Gasteiger charge is -2.28. The Morgan fingerprint density at radius 2 is 1.08 bits per heavy atom. The van der Waals surface area contributed by atoms with Crippen LogP contribution in [0.2, 0.25) is 0 Å². The number of guanidine groups is 1. The molecule has 0 saturated heterocycles. The van der Waals surface area contributed by atoms with Gasteiger partial charge in [0, 0.05) is 44.5 Å². The molecular weight excluding hydrogens is 1140 g/mol. The fourth-order valence-electron chi connectivity index (χ4n) is 8.16. The maximum absolute atomic E-state index is 14.3. The Morgan fingerprint density at radius 3 is 1.64 bits per heavy atom. The van der Waals surface area contributed by atoms with Crippen LogP contribution in [0.5, 0.6) is 0 Å². The molecule has 1 aromatic rings. The summed E-state index contributed by atoms with van der Waals surface area (Å²) >= 11 is 0. The molecule has 10 amide bonds. The van der Waals surface area contributed by atoms with Gasteiger partial charge >= 0.3 is 0 Å². The van der Waals surface area contributed by atoms with E-state index in [2.05, 4.69) is 68.1 Å². The minimum absolute atomic E-state index is 0.00243. The van der Waals surface area contributed by atoms with Gasteiger partial charge in [0.15, 0.2) is 5.96 Å². The number of hydrogen-bond donors (Lipinski definition) is 23. The van der Waals surface area contributed by atoms with Crippen LogP contribution in [-0.4, -0.2) is 211 Å². The summed E-state index contributed by atoms with van der Waals surface area (Å²) in [6.45, 7) is 1.11. The second-order valence-electron chi connectivity index (χ2n) is 20.5. The van der Waals surface area contributed by atoms with Gasteiger partial charge in [-0.1, -0.05) is 12.5 Å². The lowest BCUT2D eigenvalue weighted by atomic mass is 10.1. The third-order valence-electron chi connectivity index (χ3n) is 13.2. The topological polar surface area (TPSA) is 633 Å². The summed E-state index contributed by atoms with van der Waals surface area (Å²) in [7, 11) is 0. The maximum Gasteiger partial charge on any atom is 0.268 e. The van der Waals surface area contributed by atoms with Gasteiger partial charge in [-0.2, -0.15) is 0 Å². The van der Waals surface area contributed by atoms with Crippen molar-refractivity contribution in [1.82, 2.24) is 63.1 Å². The first-order chi connectivity index (χ1) is 41.5. The molecule has 1 heterocycles. The van der Waals surface area contributed by atoms with E-state index in [1.807, 2.05) is 0 Å². The van der Waals surface area contributed by atoms with Gasteiger partial charge in [-0.3, -0.25) is 52.9 Å². The number of amides is 10. The number of nitrogens with zero attached hydrogens (tertiary/aromatic N) is 2. The Labute approximate surface area is 506 Å². The number of carbonyl (C=O) groups excluding carboxylic acids is 10. The zero-order valence-corrected chi connectivity index (χ0v) is 49.8. The molecule has 494 valence electrons. The summed E-state index contributed by atoms with van der Waals surface area (Å²) in [5.41, 5.74) is 56.5. The molecule has 0 aromatic carbocycles. The molecule has 0 aliphatic heterocycles. The Balaban J connectivity index is 3.38. The molecule has 33 N–H and O–H groups in total. The largest absolute Gasteiger partial charge is 0.389 e. The number of carbonyl (C=O) groups is 10. The molecule has 0 bridgehead atoms. The molecule has 0 spiro atoms. The minimum atomic E-state index is -1.84. The summed E-state index contributed by atoms with van der Waals surface area (Å²) in [6, 6.07) is -11.2. The van der Waals surface area contributed by atoms with E-state index in [4.69, 9.17) is 57.3 Å². The van der Waals surface area contributed by atoms with Crippen LogP contribution in [0, 0.1) is 0 Å². The summed E-state index contributed by atoms with van der Waals surface area (Å²) in [6.07, 6.45) is 5.17. The van der Waals surface area contributed by atoms with Gasteiger partial charge in [0.25, 0.3) is 5.91 Å². The van der Waals surface area contributed by atoms with E-state index in [0.29, 0.717) is 83.2 Å². The van der Waals surface area contributed by atoms with Crippen LogP contribution in [0.4, 0.5) is 0 Å². The third-order valence-corrected chi connectivity index (χ3v) is 13.2. The molecule has 35 nitrogen and oxygen atoms in total. The highest BCUT2D eigenvalue weighted by molar-refractivity contribution is 6.02. The predicted octanol–water partition coefficient (Wildman–Crippen LogP) is -9.91. The fraction of sp³-hybridized carbons (Fsp3) is 0.692. The van der Waals surface area contributed by atoms with Crippen molar-refractivity contribution in [2.24, 2.45) is 62.3 Å². The van der Waals surface area contributed by atoms with Crippen LogP contribution >= 0.6 is 0 Å². The van der Waals surface area contributed by atoms with Crippen LogP contribution in [0.25, 0.3) is 0 Å². The number of aromatic nitrogens is 2. The molecule has 0 radical (unpaired) electrons. The van der Waals surface area contributed by atoms with Gasteiger partial charge in [0.1, 0.15) is 48.0 Å². The summed E-state index contributed by atoms with van der Waals surface area (Å²) in [4.78, 5) is 147. The van der Waals surface area contributed by atoms with Crippen molar-refractivity contribution in [2.45, 2.75) is 164 Å². The molecule has 1 aromatic heterocycles. The van der Waals surface area contributed by atoms with E-state index in [0.717, 1.165) is 0 Å². The number of rotatable bonds is 47. The van der Waals surface area contributed by atoms with Crippen molar-refractivity contribution in [3.05, 3.63) is 30.0 Å². The normalized spacial score (nSPS) is 14.8. The van der Waals surface area contributed by atoms with E-state index >= 15 is 0 Å². The van der Waals surface area contributed by atoms with Gasteiger partial charge in [0.2, 0.25) is 53.2 Å². The first-order valence-electron chi connectivity index (χ1n) is 29.3. The van der Waals surface area contributed by atoms with Gasteiger partial charge in [-0.25, -0.2) is 4.98 Å². The number of aromatic amines is 1. The lowest BCUT2D eigenvalue weighted by Crippen LogP contribution is -2.63. The summed E-state index contributed by atoms with van der Waals surface area (Å²) < 4.78 is 0. The SMILES string of the molecule is C[C@H](NC(=O)[C@@H](CCCN)NC(=O)CNC(=O)[C@@H](NC(=O)[C@@H](NC(=O)[C@@H](N)CCCCN)[C@@H](O)CN)[C@@H](O)CN)C(=O)N[C@@H](Cc1cnc[nH]1)C(=O)N[C@@H](CCCCN)C(=O)N/C(=C\CCN=C(N)N)C(=O)N[C@@H](CCCCN)C(=O)NCCCCN. The van der Waals surface area contributed by atoms with Crippen LogP contribution in [0.1, 0.15) is 103 Å². The number of hydrogen-bond acceptors (Lipinski definition) is 22. The van der Waals surface area contributed by atoms with Crippen molar-refractivity contribution in [1.29, 1.82) is 0 Å². The first kappa shape index (κ1) is 77.5. The van der Waals surface area contributed by atoms with E-state index in [9.17, 15) is 58.2 Å². The van der Waals surface area contributed by atoms with Crippen LogP contribution in [-0.2, 0) is 54.4 Å². The van der Waals surface area contributed by atoms with Gasteiger partial charge in [-0.05, 0) is 123 Å². The number of nitrogens with two attached hydrogens (primary N) is 10. The van der Waals surface area contributed by atoms with E-state index < -0.39 is 139 Å². The molecule has 0 fully saturated rings. The highest BCUT2D eigenvalue weighted by atomic mass is 16.3. The highest BCUT2D eigenvalue weighted by Gasteiger charge is 2.36. The quantitative estimate of drug-likeness (QED) is 0.0125. The van der Waals surface area contributed by atoms with Gasteiger partial charge in [-0.15, -0.1) is 0 Å². The van der Waals surface area contributed by atoms with Crippen molar-refractivity contribution in [2.75, 3.05) is 65.4 Å². The number of unbranched alkanes of at least 4 members (excludes halogenated alkanes) is 4. The number of nitrogens with one attached hydrogen (secondary N) is 11. The molecular formula is C52H99N23O12. The second kappa shape index (κ2) is 44.9. The third kappa shape index (κ3) is 31.7. The van der Waals surface area contributed by atoms with Crippen molar-refractivity contribution >= 4 is 65.0 Å². The van der Waals surface area contributed by atoms with Crippen molar-refractivity contribution < 1.29 is 58.2 Å². The number of aliphatic imine (C=N–C) groups is 1. The molecule has 10 atom stereocenters. The molecule has 87 heavy (non-hydrogen) atoms. The molecule has 1 rings (SSSR count). The number of aliphatic hydroxyl groups excluding tert-OH is 2. The van der Waals surface area contributed by atoms with Crippen molar-refractivity contribution in [3.63, 3.8) is 0 Å². The Kier molecular flexibility index (Phi) is 40.0. The van der Waals surface area contributed by atoms with E-state index in [1.165, 1.54) is 25.5 Å². The van der Waals surface area contributed by atoms with Gasteiger partial charge < -0.3 is 126 Å². The van der Waals surface area contributed by atoms with Crippen molar-refractivity contribution in [3.8, 4) is 0 Å². The smallest absolute Gasteiger partial charge is 0.268 e. The summed E-state index contributed by atoms with van der Waals surface area (Å²) in [5.74, 6) is -9.08. The molecule has 0 aliphatic carbocycles. The average Bonchev–Trinajstić information content (AvgIpc) is 3.81. The van der Waals surface area contributed by atoms with E-state index in [1.54, 1.807) is 0 Å². The Bertz CT molecular complexity index is 2330. The first-order valence-corrected chi connectivity index (χ1v) is 29.3. The Hall–Kier alpha value is -7.48. The number of aliphatic hydroxyl groups is 2.